The smallest absolute Gasteiger partial charge is 0.225 e. The maximum absolute atomic E-state index is 13.6. The highest BCUT2D eigenvalue weighted by Crippen LogP contribution is 2.33. The van der Waals surface area contributed by atoms with E-state index in [4.69, 9.17) is 15.1 Å². The minimum atomic E-state index is -0.290. The second kappa shape index (κ2) is 9.33. The number of hydrogen-bond acceptors (Lipinski definition) is 5. The molecule has 6 rings (SSSR count). The SMILES string of the molecule is Cc1nn(-c2ccc(F)cc2)c2nc(Cc3ccccc3)nc(N3CCCN(C(=O)C4CC4)CC3)c12. The number of amides is 1. The maximum Gasteiger partial charge on any atom is 0.225 e. The number of rotatable bonds is 5. The zero-order valence-electron chi connectivity index (χ0n) is 20.4. The molecule has 1 saturated heterocycles. The van der Waals surface area contributed by atoms with Crippen molar-refractivity contribution in [3.63, 3.8) is 0 Å². The van der Waals surface area contributed by atoms with Crippen molar-refractivity contribution in [1.82, 2.24) is 24.6 Å². The average molecular weight is 485 g/mol. The number of aryl methyl sites for hydroxylation is 1. The van der Waals surface area contributed by atoms with E-state index in [0.29, 0.717) is 30.3 Å². The van der Waals surface area contributed by atoms with Crippen LogP contribution in [-0.4, -0.2) is 56.7 Å². The van der Waals surface area contributed by atoms with E-state index in [9.17, 15) is 9.18 Å². The number of benzene rings is 2. The molecule has 0 unspecified atom stereocenters. The lowest BCUT2D eigenvalue weighted by molar-refractivity contribution is -0.132. The van der Waals surface area contributed by atoms with Crippen LogP contribution < -0.4 is 4.90 Å². The normalized spacial score (nSPS) is 16.4. The lowest BCUT2D eigenvalue weighted by atomic mass is 10.1. The topological polar surface area (TPSA) is 67.2 Å². The third-order valence-electron chi connectivity index (χ3n) is 7.04. The Bertz CT molecular complexity index is 1400. The minimum Gasteiger partial charge on any atom is -0.354 e. The standard InChI is InChI=1S/C28H29FN6O/c1-19-25-26(33-14-5-15-34(17-16-33)28(36)21-8-9-21)30-24(18-20-6-3-2-4-7-20)31-27(25)35(32-19)23-12-10-22(29)11-13-23/h2-4,6-7,10-13,21H,5,8-9,14-18H2,1H3. The van der Waals surface area contributed by atoms with Crippen molar-refractivity contribution in [2.24, 2.45) is 5.92 Å². The van der Waals surface area contributed by atoms with Gasteiger partial charge in [0.25, 0.3) is 0 Å². The molecule has 3 heterocycles. The van der Waals surface area contributed by atoms with Crippen LogP contribution in [0.25, 0.3) is 16.7 Å². The first-order valence-corrected chi connectivity index (χ1v) is 12.7. The van der Waals surface area contributed by atoms with Crippen LogP contribution in [0.2, 0.25) is 0 Å². The molecule has 2 aromatic carbocycles. The van der Waals surface area contributed by atoms with Gasteiger partial charge in [-0.3, -0.25) is 4.79 Å². The summed E-state index contributed by atoms with van der Waals surface area (Å²) in [4.78, 5) is 27.0. The van der Waals surface area contributed by atoms with Gasteiger partial charge in [-0.1, -0.05) is 30.3 Å². The Kier molecular flexibility index (Phi) is 5.87. The molecule has 1 aliphatic carbocycles. The zero-order chi connectivity index (χ0) is 24.6. The number of halogens is 1. The van der Waals surface area contributed by atoms with Gasteiger partial charge in [0.05, 0.1) is 16.8 Å². The molecule has 0 N–H and O–H groups in total. The molecule has 1 saturated carbocycles. The third-order valence-corrected chi connectivity index (χ3v) is 7.04. The number of carbonyl (C=O) groups is 1. The van der Waals surface area contributed by atoms with Crippen LogP contribution in [0.3, 0.4) is 0 Å². The largest absolute Gasteiger partial charge is 0.354 e. The Labute approximate surface area is 209 Å². The van der Waals surface area contributed by atoms with Crippen LogP contribution in [0.1, 0.15) is 36.3 Å². The molecular formula is C28H29FN6O. The summed E-state index contributed by atoms with van der Waals surface area (Å²) < 4.78 is 15.4. The van der Waals surface area contributed by atoms with E-state index in [2.05, 4.69) is 17.0 Å². The molecule has 2 aliphatic rings. The van der Waals surface area contributed by atoms with Crippen molar-refractivity contribution in [3.8, 4) is 5.69 Å². The summed E-state index contributed by atoms with van der Waals surface area (Å²) in [5.41, 5.74) is 3.42. The lowest BCUT2D eigenvalue weighted by Gasteiger charge is -2.24. The Morgan fingerprint density at radius 3 is 2.50 bits per heavy atom. The molecule has 0 spiro atoms. The highest BCUT2D eigenvalue weighted by molar-refractivity contribution is 5.91. The summed E-state index contributed by atoms with van der Waals surface area (Å²) in [5, 5.41) is 5.69. The summed E-state index contributed by atoms with van der Waals surface area (Å²) in [6, 6.07) is 16.5. The van der Waals surface area contributed by atoms with Gasteiger partial charge in [-0.05, 0) is 56.0 Å². The van der Waals surface area contributed by atoms with Crippen molar-refractivity contribution < 1.29 is 9.18 Å². The highest BCUT2D eigenvalue weighted by atomic mass is 19.1. The van der Waals surface area contributed by atoms with Gasteiger partial charge in [-0.2, -0.15) is 5.10 Å². The van der Waals surface area contributed by atoms with Gasteiger partial charge in [0, 0.05) is 38.5 Å². The number of carbonyl (C=O) groups excluding carboxylic acids is 1. The fraction of sp³-hybridized carbons (Fsp3) is 0.357. The van der Waals surface area contributed by atoms with E-state index in [-0.39, 0.29) is 11.7 Å². The summed E-state index contributed by atoms with van der Waals surface area (Å²) in [6.07, 6.45) is 3.53. The molecule has 8 heteroatoms. The van der Waals surface area contributed by atoms with E-state index in [1.165, 1.54) is 12.1 Å². The molecule has 1 amide bonds. The Hall–Kier alpha value is -3.81. The Balaban J connectivity index is 1.42. The van der Waals surface area contributed by atoms with Crippen molar-refractivity contribution in [2.75, 3.05) is 31.1 Å². The average Bonchev–Trinajstić information content (AvgIpc) is 3.71. The molecule has 4 aromatic rings. The predicted octanol–water partition coefficient (Wildman–Crippen LogP) is 4.30. The van der Waals surface area contributed by atoms with Gasteiger partial charge in [0.2, 0.25) is 5.91 Å². The first-order chi connectivity index (χ1) is 17.6. The maximum atomic E-state index is 13.6. The van der Waals surface area contributed by atoms with E-state index in [0.717, 1.165) is 67.0 Å². The Morgan fingerprint density at radius 2 is 1.75 bits per heavy atom. The van der Waals surface area contributed by atoms with Crippen LogP contribution in [0, 0.1) is 18.7 Å². The lowest BCUT2D eigenvalue weighted by Crippen LogP contribution is -2.36. The first kappa shape index (κ1) is 22.6. The van der Waals surface area contributed by atoms with Gasteiger partial charge in [0.1, 0.15) is 17.5 Å². The molecule has 7 nitrogen and oxygen atoms in total. The monoisotopic (exact) mass is 484 g/mol. The molecule has 1 aliphatic heterocycles. The van der Waals surface area contributed by atoms with E-state index in [1.54, 1.807) is 16.8 Å². The Morgan fingerprint density at radius 1 is 0.972 bits per heavy atom. The minimum absolute atomic E-state index is 0.232. The number of aromatic nitrogens is 4. The third kappa shape index (κ3) is 4.43. The van der Waals surface area contributed by atoms with Crippen molar-refractivity contribution >= 4 is 22.8 Å². The summed E-state index contributed by atoms with van der Waals surface area (Å²) >= 11 is 0. The van der Waals surface area contributed by atoms with Crippen molar-refractivity contribution in [2.45, 2.75) is 32.6 Å². The molecule has 0 bridgehead atoms. The number of hydrogen-bond donors (Lipinski definition) is 0. The van der Waals surface area contributed by atoms with Crippen LogP contribution in [-0.2, 0) is 11.2 Å². The quantitative estimate of drug-likeness (QED) is 0.423. The number of anilines is 1. The van der Waals surface area contributed by atoms with Crippen molar-refractivity contribution in [1.29, 1.82) is 0 Å². The fourth-order valence-electron chi connectivity index (χ4n) is 4.99. The van der Waals surface area contributed by atoms with Crippen LogP contribution in [0.15, 0.2) is 54.6 Å². The van der Waals surface area contributed by atoms with E-state index < -0.39 is 0 Å². The van der Waals surface area contributed by atoms with Gasteiger partial charge >= 0.3 is 0 Å². The highest BCUT2D eigenvalue weighted by Gasteiger charge is 2.34. The number of nitrogens with zero attached hydrogens (tertiary/aromatic N) is 6. The first-order valence-electron chi connectivity index (χ1n) is 12.7. The molecule has 2 aromatic heterocycles. The molecule has 0 atom stereocenters. The molecule has 0 radical (unpaired) electrons. The number of fused-ring (bicyclic) bond motifs is 1. The van der Waals surface area contributed by atoms with Crippen LogP contribution in [0.5, 0.6) is 0 Å². The van der Waals surface area contributed by atoms with Crippen LogP contribution >= 0.6 is 0 Å². The molecule has 36 heavy (non-hydrogen) atoms. The van der Waals surface area contributed by atoms with Gasteiger partial charge in [-0.15, -0.1) is 0 Å². The summed E-state index contributed by atoms with van der Waals surface area (Å²) in [5.74, 6) is 1.81. The van der Waals surface area contributed by atoms with Gasteiger partial charge < -0.3 is 9.80 Å². The molecule has 184 valence electrons. The van der Waals surface area contributed by atoms with Crippen molar-refractivity contribution in [3.05, 3.63) is 77.5 Å². The van der Waals surface area contributed by atoms with Crippen LogP contribution in [0.4, 0.5) is 10.2 Å². The van der Waals surface area contributed by atoms with Gasteiger partial charge in [-0.25, -0.2) is 19.0 Å². The van der Waals surface area contributed by atoms with Gasteiger partial charge in [0.15, 0.2) is 5.65 Å². The second-order valence-corrected chi connectivity index (χ2v) is 9.74. The zero-order valence-corrected chi connectivity index (χ0v) is 20.4. The second-order valence-electron chi connectivity index (χ2n) is 9.74. The van der Waals surface area contributed by atoms with E-state index in [1.807, 2.05) is 30.0 Å². The summed E-state index contributed by atoms with van der Waals surface area (Å²) in [7, 11) is 0. The fourth-order valence-corrected chi connectivity index (χ4v) is 4.99. The molecular weight excluding hydrogens is 455 g/mol. The van der Waals surface area contributed by atoms with E-state index >= 15 is 0 Å². The molecule has 2 fully saturated rings. The summed E-state index contributed by atoms with van der Waals surface area (Å²) in [6.45, 7) is 4.97. The predicted molar refractivity (Wildman–Crippen MR) is 137 cm³/mol.